The summed E-state index contributed by atoms with van der Waals surface area (Å²) in [5.74, 6) is -2.26. The molecule has 4 N–H and O–H groups in total. The van der Waals surface area contributed by atoms with Crippen LogP contribution in [0.2, 0.25) is 0 Å². The van der Waals surface area contributed by atoms with Crippen LogP contribution < -0.4 is 10.6 Å². The van der Waals surface area contributed by atoms with E-state index in [0.29, 0.717) is 19.3 Å². The molecule has 348 valence electrons. The Morgan fingerprint density at radius 2 is 0.763 bits per heavy atom. The molecule has 9 nitrogen and oxygen atoms in total. The Morgan fingerprint density at radius 1 is 0.441 bits per heavy atom. The number of carbonyl (C=O) groups excluding carboxylic acids is 3. The first-order chi connectivity index (χ1) is 28.8. The first-order valence-corrected chi connectivity index (χ1v) is 25.4. The molecule has 2 unspecified atom stereocenters. The van der Waals surface area contributed by atoms with Crippen molar-refractivity contribution < 1.29 is 34.1 Å². The highest BCUT2D eigenvalue weighted by molar-refractivity contribution is 5.87. The summed E-state index contributed by atoms with van der Waals surface area (Å²) < 4.78 is 6.07. The van der Waals surface area contributed by atoms with E-state index in [4.69, 9.17) is 14.9 Å². The molecule has 0 fully saturated rings. The van der Waals surface area contributed by atoms with Gasteiger partial charge in [0.25, 0.3) is 0 Å². The number of hydrogen-bond acceptors (Lipinski definition) is 6. The van der Waals surface area contributed by atoms with Gasteiger partial charge in [-0.2, -0.15) is 0 Å². The molecule has 0 rings (SSSR count). The number of carboxylic acid groups (broad SMARTS) is 1. The van der Waals surface area contributed by atoms with Crippen molar-refractivity contribution in [3.8, 4) is 0 Å². The average molecular weight is 837 g/mol. The first-order valence-electron chi connectivity index (χ1n) is 25.4. The van der Waals surface area contributed by atoms with Gasteiger partial charge in [-0.05, 0) is 38.5 Å². The highest BCUT2D eigenvalue weighted by Gasteiger charge is 2.19. The van der Waals surface area contributed by atoms with Crippen LogP contribution in [0.25, 0.3) is 0 Å². The van der Waals surface area contributed by atoms with E-state index in [9.17, 15) is 19.2 Å². The predicted molar refractivity (Wildman–Crippen MR) is 246 cm³/mol. The monoisotopic (exact) mass is 837 g/mol. The fourth-order valence-electron chi connectivity index (χ4n) is 7.95. The quantitative estimate of drug-likeness (QED) is 0.0353. The Balaban J connectivity index is 4.25. The molecule has 0 heterocycles. The molecule has 0 aliphatic heterocycles. The molecule has 0 aromatic rings. The van der Waals surface area contributed by atoms with Gasteiger partial charge in [0.2, 0.25) is 11.8 Å². The zero-order chi connectivity index (χ0) is 43.3. The van der Waals surface area contributed by atoms with Crippen LogP contribution in [0.4, 0.5) is 0 Å². The van der Waals surface area contributed by atoms with Crippen molar-refractivity contribution >= 4 is 23.8 Å². The van der Waals surface area contributed by atoms with Crippen LogP contribution in [0.15, 0.2) is 0 Å². The molecule has 0 radical (unpaired) electrons. The zero-order valence-corrected chi connectivity index (χ0v) is 38.8. The number of nitrogens with one attached hydrogen (secondary N) is 2. The summed E-state index contributed by atoms with van der Waals surface area (Å²) in [6, 6.07) is -1.38. The largest absolute Gasteiger partial charge is 0.480 e. The molecule has 0 aliphatic rings. The van der Waals surface area contributed by atoms with Crippen LogP contribution in [0.5, 0.6) is 0 Å². The van der Waals surface area contributed by atoms with E-state index in [-0.39, 0.29) is 24.5 Å². The minimum atomic E-state index is -1.38. The molecular formula is C50H96N2O7. The van der Waals surface area contributed by atoms with Crippen molar-refractivity contribution in [1.82, 2.24) is 10.6 Å². The Morgan fingerprint density at radius 3 is 1.10 bits per heavy atom. The number of aliphatic hydroxyl groups excluding tert-OH is 1. The maximum absolute atomic E-state index is 12.9. The number of ether oxygens (including phenoxy) is 1. The van der Waals surface area contributed by atoms with E-state index in [2.05, 4.69) is 24.5 Å². The topological polar surface area (TPSA) is 142 Å². The number of hydrogen-bond donors (Lipinski definition) is 4. The molecule has 0 saturated carbocycles. The van der Waals surface area contributed by atoms with Gasteiger partial charge in [0.1, 0.15) is 12.1 Å². The number of carbonyl (C=O) groups is 4. The summed E-state index contributed by atoms with van der Waals surface area (Å²) in [7, 11) is 0. The predicted octanol–water partition coefficient (Wildman–Crippen LogP) is 13.2. The lowest BCUT2D eigenvalue weighted by Gasteiger charge is -2.18. The third kappa shape index (κ3) is 42.3. The molecule has 0 aromatic heterocycles. The smallest absolute Gasteiger partial charge is 0.328 e. The zero-order valence-electron chi connectivity index (χ0n) is 38.8. The van der Waals surface area contributed by atoms with Crippen LogP contribution in [0.1, 0.15) is 271 Å². The lowest BCUT2D eigenvalue weighted by molar-refractivity contribution is -0.150. The maximum atomic E-state index is 12.9. The fraction of sp³-hybridized carbons (Fsp3) is 0.920. The second kappa shape index (κ2) is 45.4. The molecule has 59 heavy (non-hydrogen) atoms. The molecule has 0 saturated heterocycles. The lowest BCUT2D eigenvalue weighted by atomic mass is 10.0. The first kappa shape index (κ1) is 56.8. The van der Waals surface area contributed by atoms with Crippen molar-refractivity contribution in [3.05, 3.63) is 0 Å². The van der Waals surface area contributed by atoms with Gasteiger partial charge in [-0.25, -0.2) is 4.79 Å². The summed E-state index contributed by atoms with van der Waals surface area (Å²) in [5, 5.41) is 22.6. The molecule has 0 aromatic carbocycles. The van der Waals surface area contributed by atoms with Crippen LogP contribution in [0, 0.1) is 0 Å². The molecule has 2 atom stereocenters. The summed E-state index contributed by atoms with van der Waals surface area (Å²) >= 11 is 0. The van der Waals surface area contributed by atoms with E-state index in [1.165, 1.54) is 180 Å². The third-order valence-electron chi connectivity index (χ3n) is 11.9. The van der Waals surface area contributed by atoms with E-state index < -0.39 is 24.5 Å². The average Bonchev–Trinajstić information content (AvgIpc) is 3.22. The van der Waals surface area contributed by atoms with Crippen molar-refractivity contribution in [2.24, 2.45) is 0 Å². The van der Waals surface area contributed by atoms with E-state index >= 15 is 0 Å². The summed E-state index contributed by atoms with van der Waals surface area (Å²) in [4.78, 5) is 47.8. The van der Waals surface area contributed by atoms with E-state index in [1.807, 2.05) is 0 Å². The number of unbranched alkanes of at least 4 members (excludes halogenated alkanes) is 33. The summed E-state index contributed by atoms with van der Waals surface area (Å²) in [5.41, 5.74) is 0. The highest BCUT2D eigenvalue weighted by Crippen LogP contribution is 2.20. The van der Waals surface area contributed by atoms with Gasteiger partial charge in [0.05, 0.1) is 13.2 Å². The number of carboxylic acids is 1. The lowest BCUT2D eigenvalue weighted by Crippen LogP contribution is -2.47. The van der Waals surface area contributed by atoms with E-state index in [1.54, 1.807) is 0 Å². The minimum absolute atomic E-state index is 0.00546. The fourth-order valence-corrected chi connectivity index (χ4v) is 7.95. The summed E-state index contributed by atoms with van der Waals surface area (Å²) in [6.07, 6.45) is 48.5. The third-order valence-corrected chi connectivity index (χ3v) is 11.9. The molecular weight excluding hydrogens is 741 g/mol. The Bertz CT molecular complexity index is 962. The van der Waals surface area contributed by atoms with Gasteiger partial charge in [-0.1, -0.05) is 219 Å². The Kier molecular flexibility index (Phi) is 43.7. The van der Waals surface area contributed by atoms with Crippen LogP contribution in [0.3, 0.4) is 0 Å². The normalized spacial score (nSPS) is 12.3. The summed E-state index contributed by atoms with van der Waals surface area (Å²) in [6.45, 7) is 3.53. The number of amides is 2. The van der Waals surface area contributed by atoms with Crippen molar-refractivity contribution in [3.63, 3.8) is 0 Å². The van der Waals surface area contributed by atoms with Crippen molar-refractivity contribution in [2.45, 2.75) is 283 Å². The SMILES string of the molecule is CCCCCCCCCCCCCCCCCCCC(=O)OC(CCCCCCCCCCCCCCCC)CCCCCCCC(=O)NCC(=O)NC(CO)C(=O)O. The van der Waals surface area contributed by atoms with Gasteiger partial charge in [0, 0.05) is 12.8 Å². The van der Waals surface area contributed by atoms with Crippen LogP contribution >= 0.6 is 0 Å². The van der Waals surface area contributed by atoms with E-state index in [0.717, 1.165) is 57.8 Å². The molecule has 9 heteroatoms. The number of esters is 1. The maximum Gasteiger partial charge on any atom is 0.328 e. The molecule has 2 amide bonds. The van der Waals surface area contributed by atoms with Gasteiger partial charge in [0.15, 0.2) is 0 Å². The highest BCUT2D eigenvalue weighted by atomic mass is 16.5. The van der Waals surface area contributed by atoms with Gasteiger partial charge < -0.3 is 25.6 Å². The van der Waals surface area contributed by atoms with Crippen LogP contribution in [-0.2, 0) is 23.9 Å². The van der Waals surface area contributed by atoms with Crippen molar-refractivity contribution in [1.29, 1.82) is 0 Å². The molecule has 0 aliphatic carbocycles. The molecule has 0 spiro atoms. The second-order valence-corrected chi connectivity index (χ2v) is 17.6. The number of aliphatic hydroxyl groups is 1. The number of aliphatic carboxylic acids is 1. The minimum Gasteiger partial charge on any atom is -0.480 e. The van der Waals surface area contributed by atoms with Gasteiger partial charge in [-0.3, -0.25) is 14.4 Å². The van der Waals surface area contributed by atoms with Gasteiger partial charge >= 0.3 is 11.9 Å². The second-order valence-electron chi connectivity index (χ2n) is 17.6. The molecule has 0 bridgehead atoms. The standard InChI is InChI=1S/C50H96N2O7/c1-3-5-7-9-11-13-15-17-19-20-21-23-25-27-29-34-38-42-49(56)59-45(39-35-31-28-26-24-22-18-16-14-12-10-8-6-4-2)40-36-32-30-33-37-41-47(54)51-43-48(55)52-46(44-53)50(57)58/h45-46,53H,3-44H2,1-2H3,(H,51,54)(H,52,55)(H,57,58). The van der Waals surface area contributed by atoms with Crippen LogP contribution in [-0.4, -0.2) is 59.3 Å². The number of rotatable bonds is 47. The van der Waals surface area contributed by atoms with Crippen molar-refractivity contribution in [2.75, 3.05) is 13.2 Å². The Hall–Kier alpha value is -2.16. The van der Waals surface area contributed by atoms with Gasteiger partial charge in [-0.15, -0.1) is 0 Å². The Labute approximate surface area is 363 Å².